The van der Waals surface area contributed by atoms with E-state index < -0.39 is 5.97 Å². The summed E-state index contributed by atoms with van der Waals surface area (Å²) in [5.41, 5.74) is 5.04. The van der Waals surface area contributed by atoms with Gasteiger partial charge in [-0.1, -0.05) is 72.8 Å². The van der Waals surface area contributed by atoms with Crippen molar-refractivity contribution in [2.45, 2.75) is 6.92 Å². The van der Waals surface area contributed by atoms with E-state index in [1.165, 1.54) is 11.6 Å². The van der Waals surface area contributed by atoms with Crippen LogP contribution in [0.15, 0.2) is 102 Å². The lowest BCUT2D eigenvalue weighted by Crippen LogP contribution is -2.05. The van der Waals surface area contributed by atoms with Gasteiger partial charge >= 0.3 is 5.97 Å². The van der Waals surface area contributed by atoms with E-state index in [2.05, 4.69) is 10.1 Å². The summed E-state index contributed by atoms with van der Waals surface area (Å²) in [5.74, 6) is -0.536. The number of hydrogen-bond acceptors (Lipinski definition) is 5. The first kappa shape index (κ1) is 20.3. The molecule has 0 bridgehead atoms. The normalized spacial score (nSPS) is 14.3. The van der Waals surface area contributed by atoms with Crippen molar-refractivity contribution in [3.05, 3.63) is 108 Å². The Balaban J connectivity index is 1.48. The molecule has 0 radical (unpaired) electrons. The van der Waals surface area contributed by atoms with Crippen LogP contribution in [-0.4, -0.2) is 27.6 Å². The number of hydrogen-bond donors (Lipinski definition) is 0. The second-order valence-corrected chi connectivity index (χ2v) is 7.54. The quantitative estimate of drug-likeness (QED) is 0.327. The third-order valence-electron chi connectivity index (χ3n) is 5.26. The highest BCUT2D eigenvalue weighted by molar-refractivity contribution is 6.13. The van der Waals surface area contributed by atoms with Crippen LogP contribution in [0.4, 0.5) is 0 Å². The fourth-order valence-corrected chi connectivity index (χ4v) is 3.59. The summed E-state index contributed by atoms with van der Waals surface area (Å²) in [5, 5.41) is 4.38. The molecule has 0 atom stereocenters. The number of cyclic esters (lactones) is 1. The number of carbonyl (C=O) groups is 2. The van der Waals surface area contributed by atoms with Crippen LogP contribution in [0.5, 0.6) is 0 Å². The van der Waals surface area contributed by atoms with Crippen molar-refractivity contribution in [2.75, 3.05) is 0 Å². The number of ether oxygens (including phenoxy) is 1. The standard InChI is InChI=1S/C27H19N3O3/c1-18(31)30-17-23(25(29-30)21-10-6-3-7-11-21)16-24-27(32)33-26(28-24)22-14-12-20(13-15-22)19-8-4-2-5-9-19/h2-17H,1H3/b24-16-. The summed E-state index contributed by atoms with van der Waals surface area (Å²) < 4.78 is 6.68. The average molecular weight is 433 g/mol. The third kappa shape index (κ3) is 4.14. The van der Waals surface area contributed by atoms with Gasteiger partial charge in [-0.05, 0) is 29.3 Å². The van der Waals surface area contributed by atoms with E-state index >= 15 is 0 Å². The minimum absolute atomic E-state index is 0.150. The lowest BCUT2D eigenvalue weighted by Gasteiger charge is -2.03. The molecular weight excluding hydrogens is 414 g/mol. The van der Waals surface area contributed by atoms with Crippen LogP contribution in [0, 0.1) is 0 Å². The molecule has 0 N–H and O–H groups in total. The van der Waals surface area contributed by atoms with Gasteiger partial charge in [0.05, 0.1) is 0 Å². The maximum Gasteiger partial charge on any atom is 0.363 e. The molecule has 160 valence electrons. The number of rotatable bonds is 4. The monoisotopic (exact) mass is 433 g/mol. The van der Waals surface area contributed by atoms with Gasteiger partial charge in [-0.3, -0.25) is 4.79 Å². The Morgan fingerprint density at radius 3 is 2.03 bits per heavy atom. The van der Waals surface area contributed by atoms with E-state index in [9.17, 15) is 9.59 Å². The highest BCUT2D eigenvalue weighted by atomic mass is 16.6. The molecule has 3 aromatic carbocycles. The Morgan fingerprint density at radius 1 is 0.818 bits per heavy atom. The lowest BCUT2D eigenvalue weighted by molar-refractivity contribution is -0.129. The van der Waals surface area contributed by atoms with Crippen LogP contribution in [-0.2, 0) is 9.53 Å². The van der Waals surface area contributed by atoms with Gasteiger partial charge in [0.25, 0.3) is 0 Å². The Kier molecular flexibility index (Phi) is 5.24. The first-order valence-corrected chi connectivity index (χ1v) is 10.4. The van der Waals surface area contributed by atoms with Crippen molar-refractivity contribution in [2.24, 2.45) is 4.99 Å². The van der Waals surface area contributed by atoms with Crippen LogP contribution >= 0.6 is 0 Å². The Hall–Kier alpha value is -4.58. The molecule has 5 rings (SSSR count). The minimum Gasteiger partial charge on any atom is -0.402 e. The van der Waals surface area contributed by atoms with Crippen molar-refractivity contribution < 1.29 is 14.3 Å². The van der Waals surface area contributed by atoms with Crippen molar-refractivity contribution in [1.82, 2.24) is 9.78 Å². The van der Waals surface area contributed by atoms with E-state index in [1.54, 1.807) is 12.3 Å². The van der Waals surface area contributed by atoms with Crippen molar-refractivity contribution in [1.29, 1.82) is 0 Å². The summed E-state index contributed by atoms with van der Waals surface area (Å²) in [6.07, 6.45) is 3.19. The van der Waals surface area contributed by atoms with Gasteiger partial charge in [0.15, 0.2) is 5.70 Å². The zero-order valence-corrected chi connectivity index (χ0v) is 17.8. The predicted octanol–water partition coefficient (Wildman–Crippen LogP) is 5.22. The Labute approximate surface area is 190 Å². The number of carbonyl (C=O) groups excluding carboxylic acids is 2. The molecule has 33 heavy (non-hydrogen) atoms. The van der Waals surface area contributed by atoms with Crippen LogP contribution in [0.3, 0.4) is 0 Å². The van der Waals surface area contributed by atoms with Gasteiger partial charge in [-0.15, -0.1) is 0 Å². The van der Waals surface area contributed by atoms with Gasteiger partial charge < -0.3 is 4.74 Å². The fourth-order valence-electron chi connectivity index (χ4n) is 3.59. The third-order valence-corrected chi connectivity index (χ3v) is 5.26. The van der Waals surface area contributed by atoms with Gasteiger partial charge in [-0.25, -0.2) is 14.5 Å². The number of aromatic nitrogens is 2. The van der Waals surface area contributed by atoms with Crippen LogP contribution in [0.2, 0.25) is 0 Å². The SMILES string of the molecule is CC(=O)n1cc(/C=C2\N=C(c3ccc(-c4ccccc4)cc3)OC2=O)c(-c2ccccc2)n1. The van der Waals surface area contributed by atoms with Gasteiger partial charge in [0, 0.05) is 29.8 Å². The Morgan fingerprint density at radius 2 is 1.39 bits per heavy atom. The molecule has 1 aliphatic heterocycles. The predicted molar refractivity (Wildman–Crippen MR) is 126 cm³/mol. The number of esters is 1. The van der Waals surface area contributed by atoms with Crippen LogP contribution < -0.4 is 0 Å². The summed E-state index contributed by atoms with van der Waals surface area (Å²) >= 11 is 0. The zero-order valence-electron chi connectivity index (χ0n) is 17.8. The molecule has 0 spiro atoms. The smallest absolute Gasteiger partial charge is 0.363 e. The second-order valence-electron chi connectivity index (χ2n) is 7.54. The minimum atomic E-state index is -0.549. The van der Waals surface area contributed by atoms with Gasteiger partial charge in [-0.2, -0.15) is 5.10 Å². The first-order valence-electron chi connectivity index (χ1n) is 10.4. The first-order chi connectivity index (χ1) is 16.1. The molecule has 0 unspecified atom stereocenters. The zero-order chi connectivity index (χ0) is 22.8. The van der Waals surface area contributed by atoms with E-state index in [0.717, 1.165) is 16.7 Å². The second kappa shape index (κ2) is 8.51. The summed E-state index contributed by atoms with van der Waals surface area (Å²) in [4.78, 5) is 28.8. The highest BCUT2D eigenvalue weighted by Crippen LogP contribution is 2.27. The fraction of sp³-hybridized carbons (Fsp3) is 0.0370. The largest absolute Gasteiger partial charge is 0.402 e. The molecule has 0 saturated carbocycles. The maximum atomic E-state index is 12.5. The molecule has 0 amide bonds. The molecule has 0 saturated heterocycles. The topological polar surface area (TPSA) is 73.6 Å². The summed E-state index contributed by atoms with van der Waals surface area (Å²) in [6.45, 7) is 1.43. The summed E-state index contributed by atoms with van der Waals surface area (Å²) in [7, 11) is 0. The van der Waals surface area contributed by atoms with Crippen molar-refractivity contribution in [3.8, 4) is 22.4 Å². The van der Waals surface area contributed by atoms with Crippen molar-refractivity contribution >= 4 is 23.9 Å². The van der Waals surface area contributed by atoms with E-state index in [4.69, 9.17) is 4.74 Å². The van der Waals surface area contributed by atoms with E-state index in [1.807, 2.05) is 84.9 Å². The van der Waals surface area contributed by atoms with E-state index in [-0.39, 0.29) is 17.5 Å². The molecular formula is C27H19N3O3. The van der Waals surface area contributed by atoms with E-state index in [0.29, 0.717) is 16.8 Å². The lowest BCUT2D eigenvalue weighted by atomic mass is 10.0. The molecule has 6 heteroatoms. The van der Waals surface area contributed by atoms with Crippen LogP contribution in [0.25, 0.3) is 28.5 Å². The molecule has 0 fully saturated rings. The molecule has 4 aromatic rings. The molecule has 1 aromatic heterocycles. The molecule has 6 nitrogen and oxygen atoms in total. The number of nitrogens with zero attached hydrogens (tertiary/aromatic N) is 3. The number of aliphatic imine (C=N–C) groups is 1. The maximum absolute atomic E-state index is 12.5. The number of benzene rings is 3. The van der Waals surface area contributed by atoms with Crippen LogP contribution in [0.1, 0.15) is 22.8 Å². The Bertz CT molecular complexity index is 1400. The molecule has 2 heterocycles. The van der Waals surface area contributed by atoms with Crippen molar-refractivity contribution in [3.63, 3.8) is 0 Å². The molecule has 1 aliphatic rings. The molecule has 0 aliphatic carbocycles. The average Bonchev–Trinajstić information content (AvgIpc) is 3.44. The summed E-state index contributed by atoms with van der Waals surface area (Å²) in [6, 6.07) is 27.2. The highest BCUT2D eigenvalue weighted by Gasteiger charge is 2.25. The van der Waals surface area contributed by atoms with Gasteiger partial charge in [0.2, 0.25) is 11.8 Å². The van der Waals surface area contributed by atoms with Gasteiger partial charge in [0.1, 0.15) is 5.69 Å².